The molecule has 0 atom stereocenters. The van der Waals surface area contributed by atoms with Crippen molar-refractivity contribution in [3.8, 4) is 0 Å². The predicted octanol–water partition coefficient (Wildman–Crippen LogP) is 2.91. The zero-order valence-electron chi connectivity index (χ0n) is 10.9. The SMILES string of the molecule is O=C1NN(c2cccc(Br)c2)C(=O)/C1=C/c1ccccc1. The van der Waals surface area contributed by atoms with Crippen molar-refractivity contribution in [3.05, 3.63) is 70.2 Å². The van der Waals surface area contributed by atoms with Crippen LogP contribution in [0.5, 0.6) is 0 Å². The second-order valence-electron chi connectivity index (χ2n) is 4.53. The van der Waals surface area contributed by atoms with E-state index in [2.05, 4.69) is 21.4 Å². The summed E-state index contributed by atoms with van der Waals surface area (Å²) in [4.78, 5) is 24.4. The van der Waals surface area contributed by atoms with E-state index in [-0.39, 0.29) is 11.5 Å². The number of benzene rings is 2. The zero-order valence-corrected chi connectivity index (χ0v) is 12.5. The standard InChI is InChI=1S/C16H11BrN2O2/c17-12-7-4-8-13(10-12)19-16(21)14(15(20)18-19)9-11-5-2-1-3-6-11/h1-10H,(H,18,20)/b14-9+. The van der Waals surface area contributed by atoms with Crippen LogP contribution in [0.4, 0.5) is 5.69 Å². The van der Waals surface area contributed by atoms with Crippen LogP contribution in [0.25, 0.3) is 6.08 Å². The van der Waals surface area contributed by atoms with E-state index in [0.29, 0.717) is 5.69 Å². The van der Waals surface area contributed by atoms with Crippen molar-refractivity contribution in [2.24, 2.45) is 0 Å². The van der Waals surface area contributed by atoms with E-state index < -0.39 is 5.91 Å². The first-order chi connectivity index (χ1) is 10.1. The first-order valence-electron chi connectivity index (χ1n) is 6.33. The number of nitrogens with zero attached hydrogens (tertiary/aromatic N) is 1. The fourth-order valence-corrected chi connectivity index (χ4v) is 2.46. The highest BCUT2D eigenvalue weighted by molar-refractivity contribution is 9.10. The predicted molar refractivity (Wildman–Crippen MR) is 84.2 cm³/mol. The molecule has 5 heteroatoms. The largest absolute Gasteiger partial charge is 0.282 e. The highest BCUT2D eigenvalue weighted by Crippen LogP contribution is 2.24. The van der Waals surface area contributed by atoms with Crippen LogP contribution in [0.1, 0.15) is 5.56 Å². The van der Waals surface area contributed by atoms with Crippen LogP contribution in [0.2, 0.25) is 0 Å². The number of halogens is 1. The van der Waals surface area contributed by atoms with Crippen LogP contribution in [0, 0.1) is 0 Å². The van der Waals surface area contributed by atoms with Gasteiger partial charge in [-0.3, -0.25) is 15.0 Å². The molecule has 2 aromatic carbocycles. The minimum Gasteiger partial charge on any atom is -0.267 e. The molecule has 0 aromatic heterocycles. The molecule has 104 valence electrons. The fraction of sp³-hybridized carbons (Fsp3) is 0. The van der Waals surface area contributed by atoms with Crippen LogP contribution in [0.3, 0.4) is 0 Å². The first-order valence-corrected chi connectivity index (χ1v) is 7.12. The number of anilines is 1. The maximum absolute atomic E-state index is 12.4. The average molecular weight is 343 g/mol. The van der Waals surface area contributed by atoms with Gasteiger partial charge in [0.2, 0.25) is 0 Å². The van der Waals surface area contributed by atoms with Crippen LogP contribution < -0.4 is 10.4 Å². The van der Waals surface area contributed by atoms with Crippen molar-refractivity contribution in [2.75, 3.05) is 5.01 Å². The lowest BCUT2D eigenvalue weighted by molar-refractivity contribution is -0.117. The number of carbonyl (C=O) groups is 2. The van der Waals surface area contributed by atoms with Crippen molar-refractivity contribution in [3.63, 3.8) is 0 Å². The number of amides is 2. The summed E-state index contributed by atoms with van der Waals surface area (Å²) in [6.07, 6.45) is 1.59. The van der Waals surface area contributed by atoms with Crippen LogP contribution in [0.15, 0.2) is 64.6 Å². The quantitative estimate of drug-likeness (QED) is 0.673. The minimum absolute atomic E-state index is 0.126. The third-order valence-corrected chi connectivity index (χ3v) is 3.56. The normalized spacial score (nSPS) is 16.4. The molecule has 3 rings (SSSR count). The third-order valence-electron chi connectivity index (χ3n) is 3.07. The van der Waals surface area contributed by atoms with Crippen molar-refractivity contribution < 1.29 is 9.59 Å². The van der Waals surface area contributed by atoms with Gasteiger partial charge in [0.1, 0.15) is 5.57 Å². The summed E-state index contributed by atoms with van der Waals surface area (Å²) in [6.45, 7) is 0. The highest BCUT2D eigenvalue weighted by atomic mass is 79.9. The van der Waals surface area contributed by atoms with Gasteiger partial charge in [0, 0.05) is 4.47 Å². The van der Waals surface area contributed by atoms with Gasteiger partial charge in [0.25, 0.3) is 11.8 Å². The summed E-state index contributed by atoms with van der Waals surface area (Å²) < 4.78 is 0.836. The Kier molecular flexibility index (Phi) is 3.58. The van der Waals surface area contributed by atoms with E-state index in [0.717, 1.165) is 10.0 Å². The maximum Gasteiger partial charge on any atom is 0.282 e. The number of carbonyl (C=O) groups excluding carboxylic acids is 2. The van der Waals surface area contributed by atoms with E-state index in [9.17, 15) is 9.59 Å². The van der Waals surface area contributed by atoms with E-state index in [4.69, 9.17) is 0 Å². The van der Waals surface area contributed by atoms with Crippen molar-refractivity contribution >= 4 is 39.5 Å². The van der Waals surface area contributed by atoms with Gasteiger partial charge >= 0.3 is 0 Å². The molecule has 21 heavy (non-hydrogen) atoms. The molecule has 1 saturated heterocycles. The summed E-state index contributed by atoms with van der Waals surface area (Å²) in [5, 5.41) is 1.25. The van der Waals surface area contributed by atoms with Gasteiger partial charge in [-0.2, -0.15) is 0 Å². The summed E-state index contributed by atoms with van der Waals surface area (Å²) in [5.74, 6) is -0.759. The van der Waals surface area contributed by atoms with Gasteiger partial charge in [0.15, 0.2) is 0 Å². The maximum atomic E-state index is 12.4. The summed E-state index contributed by atoms with van der Waals surface area (Å²) in [5.41, 5.74) is 4.12. The summed E-state index contributed by atoms with van der Waals surface area (Å²) in [7, 11) is 0. The summed E-state index contributed by atoms with van der Waals surface area (Å²) in [6, 6.07) is 16.5. The molecule has 0 radical (unpaired) electrons. The Morgan fingerprint density at radius 1 is 1.00 bits per heavy atom. The molecular formula is C16H11BrN2O2. The smallest absolute Gasteiger partial charge is 0.267 e. The Labute approximate surface area is 130 Å². The Morgan fingerprint density at radius 3 is 2.48 bits per heavy atom. The first kappa shape index (κ1) is 13.6. The lowest BCUT2D eigenvalue weighted by Gasteiger charge is -2.14. The lowest BCUT2D eigenvalue weighted by atomic mass is 10.1. The molecule has 0 bridgehead atoms. The van der Waals surface area contributed by atoms with Crippen LogP contribution >= 0.6 is 15.9 Å². The molecule has 0 spiro atoms. The molecule has 0 unspecified atom stereocenters. The van der Waals surface area contributed by atoms with E-state index >= 15 is 0 Å². The topological polar surface area (TPSA) is 49.4 Å². The van der Waals surface area contributed by atoms with Crippen molar-refractivity contribution in [2.45, 2.75) is 0 Å². The number of hydrogen-bond acceptors (Lipinski definition) is 2. The molecule has 0 aliphatic carbocycles. The minimum atomic E-state index is -0.399. The van der Waals surface area contributed by atoms with Gasteiger partial charge in [0.05, 0.1) is 5.69 Å². The van der Waals surface area contributed by atoms with Gasteiger partial charge in [-0.15, -0.1) is 0 Å². The third kappa shape index (κ3) is 2.73. The molecule has 4 nitrogen and oxygen atoms in total. The molecule has 1 N–H and O–H groups in total. The number of hydrogen-bond donors (Lipinski definition) is 1. The van der Waals surface area contributed by atoms with Crippen molar-refractivity contribution in [1.29, 1.82) is 0 Å². The lowest BCUT2D eigenvalue weighted by Crippen LogP contribution is -2.35. The van der Waals surface area contributed by atoms with Gasteiger partial charge < -0.3 is 0 Å². The Morgan fingerprint density at radius 2 is 1.76 bits per heavy atom. The van der Waals surface area contributed by atoms with E-state index in [1.165, 1.54) is 5.01 Å². The van der Waals surface area contributed by atoms with Gasteiger partial charge in [-0.25, -0.2) is 5.01 Å². The van der Waals surface area contributed by atoms with Gasteiger partial charge in [-0.1, -0.05) is 52.3 Å². The average Bonchev–Trinajstić information content (AvgIpc) is 2.76. The van der Waals surface area contributed by atoms with Crippen LogP contribution in [-0.4, -0.2) is 11.8 Å². The number of rotatable bonds is 2. The monoisotopic (exact) mass is 342 g/mol. The second kappa shape index (κ2) is 5.54. The Bertz CT molecular complexity index is 741. The van der Waals surface area contributed by atoms with E-state index in [1.807, 2.05) is 36.4 Å². The number of nitrogens with one attached hydrogen (secondary N) is 1. The summed E-state index contributed by atoms with van der Waals surface area (Å²) >= 11 is 3.35. The van der Waals surface area contributed by atoms with E-state index in [1.54, 1.807) is 24.3 Å². The van der Waals surface area contributed by atoms with Gasteiger partial charge in [-0.05, 0) is 29.8 Å². The van der Waals surface area contributed by atoms with Crippen LogP contribution in [-0.2, 0) is 9.59 Å². The molecular weight excluding hydrogens is 332 g/mol. The molecule has 2 amide bonds. The molecule has 1 aliphatic heterocycles. The Hall–Kier alpha value is -2.40. The second-order valence-corrected chi connectivity index (χ2v) is 5.45. The van der Waals surface area contributed by atoms with Crippen molar-refractivity contribution in [1.82, 2.24) is 5.43 Å². The molecule has 1 aliphatic rings. The molecule has 0 saturated carbocycles. The molecule has 2 aromatic rings. The fourth-order valence-electron chi connectivity index (χ4n) is 2.07. The highest BCUT2D eigenvalue weighted by Gasteiger charge is 2.34. The zero-order chi connectivity index (χ0) is 14.8. The number of hydrazine groups is 1. The molecule has 1 heterocycles. The Balaban J connectivity index is 1.94. The molecule has 1 fully saturated rings.